The molecule has 98 valence electrons. The highest BCUT2D eigenvalue weighted by Gasteiger charge is 2.01. The molecule has 0 unspecified atom stereocenters. The van der Waals surface area contributed by atoms with Gasteiger partial charge in [0.25, 0.3) is 0 Å². The minimum absolute atomic E-state index is 0.184. The van der Waals surface area contributed by atoms with Crippen molar-refractivity contribution in [2.45, 2.75) is 6.61 Å². The average Bonchev–Trinajstić information content (AvgIpc) is 2.39. The molecule has 2 aromatic carbocycles. The lowest BCUT2D eigenvalue weighted by Crippen LogP contribution is -1.90. The Morgan fingerprint density at radius 3 is 2.53 bits per heavy atom. The molecule has 2 rings (SSSR count). The van der Waals surface area contributed by atoms with Crippen LogP contribution in [0.15, 0.2) is 47.6 Å². The van der Waals surface area contributed by atoms with Gasteiger partial charge in [0, 0.05) is 10.6 Å². The normalized spacial score (nSPS) is 10.9. The van der Waals surface area contributed by atoms with E-state index in [9.17, 15) is 4.39 Å². The summed E-state index contributed by atoms with van der Waals surface area (Å²) in [6.07, 6.45) is 1.56. The standard InChI is InChI=1S/C14H10Cl2FNO/c15-12-4-1-10(2-5-12)8-18-19-9-11-3-6-13(17)7-14(11)16/h1-8H,9H2. The minimum Gasteiger partial charge on any atom is -0.391 e. The van der Waals surface area contributed by atoms with Crippen molar-refractivity contribution in [1.29, 1.82) is 0 Å². The first-order valence-electron chi connectivity index (χ1n) is 5.50. The first-order chi connectivity index (χ1) is 9.15. The van der Waals surface area contributed by atoms with Crippen molar-refractivity contribution >= 4 is 29.4 Å². The van der Waals surface area contributed by atoms with Crippen LogP contribution in [0.4, 0.5) is 4.39 Å². The molecule has 0 amide bonds. The van der Waals surface area contributed by atoms with Gasteiger partial charge in [-0.25, -0.2) is 4.39 Å². The Bertz CT molecular complexity index is 584. The number of hydrogen-bond donors (Lipinski definition) is 0. The highest BCUT2D eigenvalue weighted by molar-refractivity contribution is 6.31. The van der Waals surface area contributed by atoms with E-state index in [1.54, 1.807) is 24.4 Å². The number of rotatable bonds is 4. The Morgan fingerprint density at radius 1 is 1.11 bits per heavy atom. The molecular formula is C14H10Cl2FNO. The molecule has 2 nitrogen and oxygen atoms in total. The molecule has 0 radical (unpaired) electrons. The van der Waals surface area contributed by atoms with Crippen LogP contribution in [-0.2, 0) is 11.4 Å². The van der Waals surface area contributed by atoms with Crippen LogP contribution >= 0.6 is 23.2 Å². The van der Waals surface area contributed by atoms with Gasteiger partial charge in [-0.05, 0) is 29.8 Å². The van der Waals surface area contributed by atoms with Gasteiger partial charge in [-0.3, -0.25) is 0 Å². The summed E-state index contributed by atoms with van der Waals surface area (Å²) < 4.78 is 12.8. The number of hydrogen-bond acceptors (Lipinski definition) is 2. The Labute approximate surface area is 120 Å². The van der Waals surface area contributed by atoms with Crippen molar-refractivity contribution in [3.63, 3.8) is 0 Å². The van der Waals surface area contributed by atoms with E-state index in [2.05, 4.69) is 5.16 Å². The van der Waals surface area contributed by atoms with Gasteiger partial charge in [-0.1, -0.05) is 46.6 Å². The van der Waals surface area contributed by atoms with Crippen molar-refractivity contribution in [2.24, 2.45) is 5.16 Å². The molecule has 0 bridgehead atoms. The molecule has 0 aromatic heterocycles. The number of benzene rings is 2. The molecule has 0 aliphatic carbocycles. The van der Waals surface area contributed by atoms with Gasteiger partial charge in [0.15, 0.2) is 0 Å². The van der Waals surface area contributed by atoms with Crippen LogP contribution in [-0.4, -0.2) is 6.21 Å². The molecule has 0 spiro atoms. The van der Waals surface area contributed by atoms with Gasteiger partial charge in [0.05, 0.1) is 11.2 Å². The second-order valence-corrected chi connectivity index (χ2v) is 4.64. The first-order valence-corrected chi connectivity index (χ1v) is 6.25. The second-order valence-electron chi connectivity index (χ2n) is 3.80. The van der Waals surface area contributed by atoms with Crippen LogP contribution in [0.3, 0.4) is 0 Å². The Balaban J connectivity index is 1.91. The smallest absolute Gasteiger partial charge is 0.143 e. The third-order valence-corrected chi connectivity index (χ3v) is 2.99. The summed E-state index contributed by atoms with van der Waals surface area (Å²) in [7, 11) is 0. The number of oxime groups is 1. The number of nitrogens with zero attached hydrogens (tertiary/aromatic N) is 1. The molecule has 0 heterocycles. The molecule has 0 aliphatic heterocycles. The topological polar surface area (TPSA) is 21.6 Å². The predicted octanol–water partition coefficient (Wildman–Crippen LogP) is 4.68. The van der Waals surface area contributed by atoms with E-state index in [1.807, 2.05) is 12.1 Å². The van der Waals surface area contributed by atoms with Crippen molar-refractivity contribution in [3.05, 3.63) is 69.5 Å². The summed E-state index contributed by atoms with van der Waals surface area (Å²) in [4.78, 5) is 5.10. The molecule has 0 fully saturated rings. The van der Waals surface area contributed by atoms with Gasteiger partial charge < -0.3 is 4.84 Å². The maximum absolute atomic E-state index is 12.8. The molecule has 19 heavy (non-hydrogen) atoms. The summed E-state index contributed by atoms with van der Waals surface area (Å²) in [6, 6.07) is 11.3. The lowest BCUT2D eigenvalue weighted by molar-refractivity contribution is 0.132. The van der Waals surface area contributed by atoms with Crippen LogP contribution in [0.2, 0.25) is 10.0 Å². The van der Waals surface area contributed by atoms with E-state index in [-0.39, 0.29) is 12.4 Å². The molecular weight excluding hydrogens is 288 g/mol. The Kier molecular flexibility index (Phi) is 4.77. The van der Waals surface area contributed by atoms with Crippen LogP contribution < -0.4 is 0 Å². The van der Waals surface area contributed by atoms with E-state index < -0.39 is 0 Å². The van der Waals surface area contributed by atoms with E-state index >= 15 is 0 Å². The van der Waals surface area contributed by atoms with Gasteiger partial charge in [0.2, 0.25) is 0 Å². The van der Waals surface area contributed by atoms with Crippen molar-refractivity contribution < 1.29 is 9.23 Å². The summed E-state index contributed by atoms with van der Waals surface area (Å²) >= 11 is 11.6. The fraction of sp³-hybridized carbons (Fsp3) is 0.0714. The van der Waals surface area contributed by atoms with Gasteiger partial charge >= 0.3 is 0 Å². The Morgan fingerprint density at radius 2 is 1.84 bits per heavy atom. The summed E-state index contributed by atoms with van der Waals surface area (Å²) in [5.74, 6) is -0.376. The van der Waals surface area contributed by atoms with Crippen LogP contribution in [0.5, 0.6) is 0 Å². The number of halogens is 3. The van der Waals surface area contributed by atoms with Crippen LogP contribution in [0, 0.1) is 5.82 Å². The SMILES string of the molecule is Fc1ccc(CON=Cc2ccc(Cl)cc2)c(Cl)c1. The highest BCUT2D eigenvalue weighted by Crippen LogP contribution is 2.18. The van der Waals surface area contributed by atoms with E-state index in [0.29, 0.717) is 15.6 Å². The van der Waals surface area contributed by atoms with Crippen molar-refractivity contribution in [2.75, 3.05) is 0 Å². The first kappa shape index (κ1) is 13.8. The second kappa shape index (κ2) is 6.55. The zero-order valence-electron chi connectivity index (χ0n) is 9.82. The maximum atomic E-state index is 12.8. The predicted molar refractivity (Wildman–Crippen MR) is 75.2 cm³/mol. The van der Waals surface area contributed by atoms with Gasteiger partial charge in [-0.2, -0.15) is 0 Å². The fourth-order valence-electron chi connectivity index (χ4n) is 1.39. The highest BCUT2D eigenvalue weighted by atomic mass is 35.5. The Hall–Kier alpha value is -1.58. The van der Waals surface area contributed by atoms with Gasteiger partial charge in [0.1, 0.15) is 12.4 Å². The maximum Gasteiger partial charge on any atom is 0.143 e. The fourth-order valence-corrected chi connectivity index (χ4v) is 1.74. The van der Waals surface area contributed by atoms with Crippen molar-refractivity contribution in [1.82, 2.24) is 0 Å². The quantitative estimate of drug-likeness (QED) is 0.593. The third kappa shape index (κ3) is 4.23. The summed E-state index contributed by atoms with van der Waals surface area (Å²) in [5.41, 5.74) is 1.55. The molecule has 0 aliphatic rings. The zero-order valence-corrected chi connectivity index (χ0v) is 11.3. The zero-order chi connectivity index (χ0) is 13.7. The van der Waals surface area contributed by atoms with E-state index in [4.69, 9.17) is 28.0 Å². The molecule has 5 heteroatoms. The average molecular weight is 298 g/mol. The molecule has 0 N–H and O–H groups in total. The molecule has 0 saturated carbocycles. The third-order valence-electron chi connectivity index (χ3n) is 2.38. The van der Waals surface area contributed by atoms with E-state index in [1.165, 1.54) is 12.1 Å². The van der Waals surface area contributed by atoms with E-state index in [0.717, 1.165) is 5.56 Å². The van der Waals surface area contributed by atoms with Crippen molar-refractivity contribution in [3.8, 4) is 0 Å². The lowest BCUT2D eigenvalue weighted by Gasteiger charge is -2.02. The molecule has 0 saturated heterocycles. The summed E-state index contributed by atoms with van der Waals surface area (Å²) in [6.45, 7) is 0.184. The van der Waals surface area contributed by atoms with Crippen LogP contribution in [0.1, 0.15) is 11.1 Å². The largest absolute Gasteiger partial charge is 0.391 e. The monoisotopic (exact) mass is 297 g/mol. The molecule has 0 atom stereocenters. The van der Waals surface area contributed by atoms with Crippen LogP contribution in [0.25, 0.3) is 0 Å². The van der Waals surface area contributed by atoms with Gasteiger partial charge in [-0.15, -0.1) is 0 Å². The lowest BCUT2D eigenvalue weighted by atomic mass is 10.2. The minimum atomic E-state index is -0.376. The molecule has 2 aromatic rings. The summed E-state index contributed by atoms with van der Waals surface area (Å²) in [5, 5.41) is 4.79.